The van der Waals surface area contributed by atoms with E-state index in [-0.39, 0.29) is 18.5 Å². The molecule has 2 aromatic heterocycles. The van der Waals surface area contributed by atoms with Gasteiger partial charge in [-0.1, -0.05) is 23.7 Å². The van der Waals surface area contributed by atoms with Crippen molar-refractivity contribution in [3.63, 3.8) is 0 Å². The Hall–Kier alpha value is -3.23. The maximum atomic E-state index is 13.1. The van der Waals surface area contributed by atoms with E-state index in [4.69, 9.17) is 16.7 Å². The number of carbonyl (C=O) groups excluding carboxylic acids is 1. The van der Waals surface area contributed by atoms with E-state index in [1.165, 1.54) is 0 Å². The Balaban J connectivity index is 1.83. The molecule has 0 spiro atoms. The fraction of sp³-hybridized carbons (Fsp3) is 0.273. The Morgan fingerprint density at radius 1 is 1.13 bits per heavy atom. The Morgan fingerprint density at radius 2 is 1.81 bits per heavy atom. The van der Waals surface area contributed by atoms with Crippen LogP contribution in [0.1, 0.15) is 25.5 Å². The minimum Gasteiger partial charge on any atom is -0.480 e. The van der Waals surface area contributed by atoms with Crippen LogP contribution in [-0.4, -0.2) is 44.3 Å². The standard InChI is InChI=1S/C22H24ClN5O3/c1-14(2)28-20(12-18(27-28)16-7-9-24-10-8-16)26-22(31)19(25-13-21(29)30)11-15-3-5-17(23)6-4-15/h3-10,12,14,19,25H,11,13H2,1-2H3,(H,26,31)(H,29,30)/t19-/m0/s1. The lowest BCUT2D eigenvalue weighted by molar-refractivity contribution is -0.136. The third-order valence-electron chi connectivity index (χ3n) is 4.62. The smallest absolute Gasteiger partial charge is 0.317 e. The number of anilines is 1. The van der Waals surface area contributed by atoms with E-state index < -0.39 is 12.0 Å². The van der Waals surface area contributed by atoms with E-state index in [1.54, 1.807) is 35.3 Å². The predicted molar refractivity (Wildman–Crippen MR) is 119 cm³/mol. The van der Waals surface area contributed by atoms with Gasteiger partial charge in [-0.15, -0.1) is 0 Å². The molecular formula is C22H24ClN5O3. The number of carbonyl (C=O) groups is 2. The van der Waals surface area contributed by atoms with Crippen molar-refractivity contribution < 1.29 is 14.7 Å². The van der Waals surface area contributed by atoms with Crippen LogP contribution in [-0.2, 0) is 16.0 Å². The first-order valence-electron chi connectivity index (χ1n) is 9.84. The average Bonchev–Trinajstić information content (AvgIpc) is 3.17. The first kappa shape index (κ1) is 22.5. The van der Waals surface area contributed by atoms with Crippen LogP contribution in [0.25, 0.3) is 11.3 Å². The molecule has 1 amide bonds. The lowest BCUT2D eigenvalue weighted by Gasteiger charge is -2.19. The summed E-state index contributed by atoms with van der Waals surface area (Å²) in [7, 11) is 0. The molecule has 0 aliphatic heterocycles. The maximum absolute atomic E-state index is 13.1. The number of carboxylic acid groups (broad SMARTS) is 1. The number of carboxylic acids is 1. The highest BCUT2D eigenvalue weighted by Gasteiger charge is 2.22. The second-order valence-electron chi connectivity index (χ2n) is 7.34. The molecule has 8 nitrogen and oxygen atoms in total. The van der Waals surface area contributed by atoms with Gasteiger partial charge in [-0.2, -0.15) is 5.10 Å². The zero-order valence-electron chi connectivity index (χ0n) is 17.2. The van der Waals surface area contributed by atoms with Gasteiger partial charge in [-0.25, -0.2) is 4.68 Å². The van der Waals surface area contributed by atoms with E-state index in [0.29, 0.717) is 23.0 Å². The molecular weight excluding hydrogens is 418 g/mol. The third-order valence-corrected chi connectivity index (χ3v) is 4.87. The Morgan fingerprint density at radius 3 is 2.42 bits per heavy atom. The summed E-state index contributed by atoms with van der Waals surface area (Å²) in [5, 5.41) is 20.0. The topological polar surface area (TPSA) is 109 Å². The van der Waals surface area contributed by atoms with Crippen LogP contribution in [0, 0.1) is 0 Å². The molecule has 0 aliphatic rings. The van der Waals surface area contributed by atoms with Gasteiger partial charge in [0.1, 0.15) is 5.82 Å². The molecule has 0 fully saturated rings. The van der Waals surface area contributed by atoms with E-state index in [2.05, 4.69) is 20.7 Å². The second kappa shape index (κ2) is 10.2. The number of nitrogens with one attached hydrogen (secondary N) is 2. The van der Waals surface area contributed by atoms with E-state index in [9.17, 15) is 9.59 Å². The number of halogens is 1. The highest BCUT2D eigenvalue weighted by atomic mass is 35.5. The van der Waals surface area contributed by atoms with Crippen LogP contribution in [0.15, 0.2) is 54.9 Å². The molecule has 9 heteroatoms. The molecule has 31 heavy (non-hydrogen) atoms. The van der Waals surface area contributed by atoms with Crippen LogP contribution >= 0.6 is 11.6 Å². The zero-order chi connectivity index (χ0) is 22.4. The van der Waals surface area contributed by atoms with Gasteiger partial charge in [-0.05, 0) is 50.1 Å². The molecule has 3 aromatic rings. The number of pyridine rings is 1. The highest BCUT2D eigenvalue weighted by Crippen LogP contribution is 2.24. The summed E-state index contributed by atoms with van der Waals surface area (Å²) in [5.74, 6) is -0.856. The number of hydrogen-bond acceptors (Lipinski definition) is 5. The van der Waals surface area contributed by atoms with Crippen LogP contribution in [0.5, 0.6) is 0 Å². The Bertz CT molecular complexity index is 1040. The van der Waals surface area contributed by atoms with Gasteiger partial charge in [0.15, 0.2) is 0 Å². The molecule has 3 N–H and O–H groups in total. The molecule has 0 aliphatic carbocycles. The van der Waals surface area contributed by atoms with Gasteiger partial charge in [0.2, 0.25) is 5.91 Å². The number of aliphatic carboxylic acids is 1. The summed E-state index contributed by atoms with van der Waals surface area (Å²) < 4.78 is 1.73. The van der Waals surface area contributed by atoms with Crippen molar-refractivity contribution in [3.8, 4) is 11.3 Å². The monoisotopic (exact) mass is 441 g/mol. The lowest BCUT2D eigenvalue weighted by atomic mass is 10.1. The first-order chi connectivity index (χ1) is 14.8. The minimum atomic E-state index is -1.04. The summed E-state index contributed by atoms with van der Waals surface area (Å²) in [5.41, 5.74) is 2.45. The van der Waals surface area contributed by atoms with Gasteiger partial charge in [0.05, 0.1) is 18.3 Å². The molecule has 0 saturated heterocycles. The SMILES string of the molecule is CC(C)n1nc(-c2ccncc2)cc1NC(=O)[C@H](Cc1ccc(Cl)cc1)NCC(=O)O. The van der Waals surface area contributed by atoms with Crippen molar-refractivity contribution in [1.29, 1.82) is 0 Å². The van der Waals surface area contributed by atoms with E-state index in [1.807, 2.05) is 38.1 Å². The van der Waals surface area contributed by atoms with Crippen LogP contribution in [0.4, 0.5) is 5.82 Å². The molecule has 0 saturated carbocycles. The van der Waals surface area contributed by atoms with Gasteiger partial charge in [0.25, 0.3) is 0 Å². The number of benzene rings is 1. The average molecular weight is 442 g/mol. The number of amides is 1. The number of hydrogen-bond donors (Lipinski definition) is 3. The van der Waals surface area contributed by atoms with Crippen molar-refractivity contribution in [2.24, 2.45) is 0 Å². The molecule has 1 aromatic carbocycles. The van der Waals surface area contributed by atoms with Crippen molar-refractivity contribution in [1.82, 2.24) is 20.1 Å². The number of aromatic nitrogens is 3. The van der Waals surface area contributed by atoms with Crippen LogP contribution < -0.4 is 10.6 Å². The van der Waals surface area contributed by atoms with Crippen LogP contribution in [0.2, 0.25) is 5.02 Å². The summed E-state index contributed by atoms with van der Waals surface area (Å²) in [6.45, 7) is 3.59. The zero-order valence-corrected chi connectivity index (χ0v) is 18.0. The van der Waals surface area contributed by atoms with Crippen molar-refractivity contribution in [2.75, 3.05) is 11.9 Å². The van der Waals surface area contributed by atoms with Gasteiger partial charge >= 0.3 is 5.97 Å². The largest absolute Gasteiger partial charge is 0.480 e. The van der Waals surface area contributed by atoms with Crippen LogP contribution in [0.3, 0.4) is 0 Å². The van der Waals surface area contributed by atoms with E-state index in [0.717, 1.165) is 11.1 Å². The molecule has 162 valence electrons. The molecule has 2 heterocycles. The highest BCUT2D eigenvalue weighted by molar-refractivity contribution is 6.30. The molecule has 0 radical (unpaired) electrons. The normalized spacial score (nSPS) is 12.0. The molecule has 3 rings (SSSR count). The minimum absolute atomic E-state index is 0.00702. The number of nitrogens with zero attached hydrogens (tertiary/aromatic N) is 3. The summed E-state index contributed by atoms with van der Waals surface area (Å²) in [6, 6.07) is 11.8. The third kappa shape index (κ3) is 6.13. The quantitative estimate of drug-likeness (QED) is 0.469. The van der Waals surface area contributed by atoms with Crippen molar-refractivity contribution in [2.45, 2.75) is 32.4 Å². The van der Waals surface area contributed by atoms with Crippen molar-refractivity contribution >= 4 is 29.3 Å². The fourth-order valence-corrected chi connectivity index (χ4v) is 3.21. The Labute approximate surface area is 185 Å². The fourth-order valence-electron chi connectivity index (χ4n) is 3.08. The summed E-state index contributed by atoms with van der Waals surface area (Å²) >= 11 is 5.93. The lowest BCUT2D eigenvalue weighted by Crippen LogP contribution is -2.44. The second-order valence-corrected chi connectivity index (χ2v) is 7.77. The summed E-state index contributed by atoms with van der Waals surface area (Å²) in [6.07, 6.45) is 3.67. The van der Waals surface area contributed by atoms with Gasteiger partial charge < -0.3 is 10.4 Å². The van der Waals surface area contributed by atoms with Gasteiger partial charge in [0, 0.05) is 35.1 Å². The molecule has 0 unspecified atom stereocenters. The van der Waals surface area contributed by atoms with Crippen molar-refractivity contribution in [3.05, 3.63) is 65.4 Å². The van der Waals surface area contributed by atoms with E-state index >= 15 is 0 Å². The molecule has 1 atom stereocenters. The molecule has 0 bridgehead atoms. The predicted octanol–water partition coefficient (Wildman–Crippen LogP) is 3.40. The number of rotatable bonds is 9. The van der Waals surface area contributed by atoms with Gasteiger partial charge in [-0.3, -0.25) is 19.9 Å². The Kier molecular flexibility index (Phi) is 7.38. The first-order valence-corrected chi connectivity index (χ1v) is 10.2. The summed E-state index contributed by atoms with van der Waals surface area (Å²) in [4.78, 5) is 28.1. The maximum Gasteiger partial charge on any atom is 0.317 e.